The summed E-state index contributed by atoms with van der Waals surface area (Å²) < 4.78 is 21.7. The van der Waals surface area contributed by atoms with Crippen LogP contribution in [0.5, 0.6) is 0 Å². The Hall–Kier alpha value is -3.08. The van der Waals surface area contributed by atoms with Gasteiger partial charge in [0.25, 0.3) is 0 Å². The molecule has 3 aromatic rings. The van der Waals surface area contributed by atoms with E-state index in [9.17, 15) is 4.39 Å². The number of nitriles is 1. The monoisotopic (exact) mass is 406 g/mol. The van der Waals surface area contributed by atoms with Crippen molar-refractivity contribution in [3.8, 4) is 17.3 Å². The fourth-order valence-electron chi connectivity index (χ4n) is 3.11. The molecule has 1 aromatic heterocycles. The van der Waals surface area contributed by atoms with Crippen molar-refractivity contribution in [1.82, 2.24) is 4.68 Å². The predicted molar refractivity (Wildman–Crippen MR) is 111 cm³/mol. The maximum atomic E-state index is 14.4. The third kappa shape index (κ3) is 4.50. The van der Waals surface area contributed by atoms with E-state index in [0.717, 1.165) is 25.0 Å². The number of halogens is 1. The van der Waals surface area contributed by atoms with Crippen molar-refractivity contribution < 1.29 is 9.13 Å². The lowest BCUT2D eigenvalue weighted by Gasteiger charge is -2.06. The van der Waals surface area contributed by atoms with E-state index in [1.54, 1.807) is 41.2 Å². The van der Waals surface area contributed by atoms with Crippen LogP contribution in [0.25, 0.3) is 11.3 Å². The van der Waals surface area contributed by atoms with Gasteiger partial charge < -0.3 is 4.74 Å². The van der Waals surface area contributed by atoms with Crippen LogP contribution in [0.3, 0.4) is 0 Å². The van der Waals surface area contributed by atoms with E-state index in [0.29, 0.717) is 28.2 Å². The minimum Gasteiger partial charge on any atom is -0.376 e. The number of hydrogen-bond donors (Lipinski definition) is 0. The minimum absolute atomic E-state index is 0.130. The van der Waals surface area contributed by atoms with Crippen LogP contribution in [0.2, 0.25) is 0 Å². The van der Waals surface area contributed by atoms with Gasteiger partial charge in [0.05, 0.1) is 36.2 Å². The Labute approximate surface area is 172 Å². The van der Waals surface area contributed by atoms with Gasteiger partial charge in [-0.3, -0.25) is 4.99 Å². The second-order valence-corrected chi connectivity index (χ2v) is 7.49. The molecule has 4 rings (SSSR count). The van der Waals surface area contributed by atoms with Gasteiger partial charge in [-0.25, -0.2) is 9.07 Å². The first-order valence-corrected chi connectivity index (χ1v) is 10.2. The molecule has 1 aliphatic rings. The molecule has 0 aliphatic carbocycles. The molecule has 146 valence electrons. The fourth-order valence-corrected chi connectivity index (χ4v) is 3.95. The molecule has 0 bridgehead atoms. The Balaban J connectivity index is 1.72. The third-order valence-electron chi connectivity index (χ3n) is 4.65. The summed E-state index contributed by atoms with van der Waals surface area (Å²) in [5.74, 6) is -0.307. The second kappa shape index (κ2) is 8.95. The van der Waals surface area contributed by atoms with Gasteiger partial charge in [0.15, 0.2) is 0 Å². The molecule has 1 fully saturated rings. The van der Waals surface area contributed by atoms with E-state index in [1.807, 2.05) is 17.5 Å². The molecule has 0 amide bonds. The van der Waals surface area contributed by atoms with E-state index < -0.39 is 0 Å². The first-order valence-electron chi connectivity index (χ1n) is 9.36. The highest BCUT2D eigenvalue weighted by atomic mass is 32.1. The summed E-state index contributed by atoms with van der Waals surface area (Å²) in [5.41, 5.74) is 2.54. The van der Waals surface area contributed by atoms with Crippen molar-refractivity contribution in [1.29, 1.82) is 5.26 Å². The zero-order valence-electron chi connectivity index (χ0n) is 15.7. The van der Waals surface area contributed by atoms with Gasteiger partial charge >= 0.3 is 0 Å². The summed E-state index contributed by atoms with van der Waals surface area (Å²) in [5, 5.41) is 15.4. The normalized spacial score (nSPS) is 17.1. The minimum atomic E-state index is -0.307. The topological polar surface area (TPSA) is 62.7 Å². The van der Waals surface area contributed by atoms with Crippen molar-refractivity contribution >= 4 is 17.6 Å². The Bertz CT molecular complexity index is 1120. The number of ether oxygens (including phenoxy) is 1. The number of rotatable bonds is 5. The molecule has 0 spiro atoms. The van der Waals surface area contributed by atoms with Crippen LogP contribution in [0, 0.1) is 17.1 Å². The summed E-state index contributed by atoms with van der Waals surface area (Å²) in [6.45, 7) is 1.34. The van der Waals surface area contributed by atoms with Gasteiger partial charge in [-0.05, 0) is 42.7 Å². The van der Waals surface area contributed by atoms with Crippen LogP contribution in [0.15, 0.2) is 64.0 Å². The van der Waals surface area contributed by atoms with E-state index in [1.165, 1.54) is 17.4 Å². The molecular weight excluding hydrogens is 387 g/mol. The Kier molecular flexibility index (Phi) is 5.94. The molecule has 1 saturated heterocycles. The fraction of sp³-hybridized carbons (Fsp3) is 0.227. The molecule has 2 aromatic carbocycles. The second-order valence-electron chi connectivity index (χ2n) is 6.65. The van der Waals surface area contributed by atoms with E-state index in [2.05, 4.69) is 16.2 Å². The molecule has 0 radical (unpaired) electrons. The summed E-state index contributed by atoms with van der Waals surface area (Å²) in [6.07, 6.45) is 3.87. The quantitative estimate of drug-likeness (QED) is 0.597. The smallest absolute Gasteiger partial charge is 0.206 e. The van der Waals surface area contributed by atoms with Crippen LogP contribution in [-0.4, -0.2) is 30.1 Å². The SMILES string of the molecule is N#Cc1ccc(/C=N\n2c(-c3ccccc3F)csc2=NC[C@@H]2CCCO2)cc1. The van der Waals surface area contributed by atoms with Gasteiger partial charge in [0.2, 0.25) is 4.80 Å². The molecule has 5 nitrogen and oxygen atoms in total. The molecule has 2 heterocycles. The highest BCUT2D eigenvalue weighted by Gasteiger charge is 2.16. The number of aromatic nitrogens is 1. The lowest BCUT2D eigenvalue weighted by atomic mass is 10.1. The highest BCUT2D eigenvalue weighted by molar-refractivity contribution is 7.07. The highest BCUT2D eigenvalue weighted by Crippen LogP contribution is 2.23. The Morgan fingerprint density at radius 3 is 2.79 bits per heavy atom. The third-order valence-corrected chi connectivity index (χ3v) is 5.51. The number of benzene rings is 2. The Morgan fingerprint density at radius 2 is 2.07 bits per heavy atom. The summed E-state index contributed by atoms with van der Waals surface area (Å²) >= 11 is 1.42. The number of hydrogen-bond acceptors (Lipinski definition) is 5. The van der Waals surface area contributed by atoms with Crippen molar-refractivity contribution in [2.45, 2.75) is 18.9 Å². The average molecular weight is 406 g/mol. The summed E-state index contributed by atoms with van der Waals surface area (Å²) in [7, 11) is 0. The first kappa shape index (κ1) is 19.2. The molecule has 0 saturated carbocycles. The van der Waals surface area contributed by atoms with E-state index >= 15 is 0 Å². The number of nitrogens with zero attached hydrogens (tertiary/aromatic N) is 4. The maximum absolute atomic E-state index is 14.4. The van der Waals surface area contributed by atoms with Crippen molar-refractivity contribution in [2.24, 2.45) is 10.1 Å². The Morgan fingerprint density at radius 1 is 1.24 bits per heavy atom. The van der Waals surface area contributed by atoms with Gasteiger partial charge in [0, 0.05) is 17.6 Å². The van der Waals surface area contributed by atoms with Crippen LogP contribution in [0.4, 0.5) is 4.39 Å². The van der Waals surface area contributed by atoms with E-state index in [-0.39, 0.29) is 11.9 Å². The average Bonchev–Trinajstić information content (AvgIpc) is 3.41. The van der Waals surface area contributed by atoms with Crippen LogP contribution < -0.4 is 4.80 Å². The summed E-state index contributed by atoms with van der Waals surface area (Å²) in [6, 6.07) is 15.8. The van der Waals surface area contributed by atoms with Crippen molar-refractivity contribution in [3.05, 3.63) is 75.7 Å². The standard InChI is InChI=1S/C22H19FN4OS/c23-20-6-2-1-5-19(20)21-15-29-22(25-14-18-4-3-11-28-18)27(21)26-13-17-9-7-16(12-24)8-10-17/h1-2,5-10,13,15,18H,3-4,11,14H2/b25-22?,26-13-/t18-/m0/s1. The largest absolute Gasteiger partial charge is 0.376 e. The lowest BCUT2D eigenvalue weighted by molar-refractivity contribution is 0.117. The van der Waals surface area contributed by atoms with Gasteiger partial charge in [0.1, 0.15) is 5.82 Å². The molecule has 0 unspecified atom stereocenters. The molecule has 0 N–H and O–H groups in total. The van der Waals surface area contributed by atoms with Crippen molar-refractivity contribution in [2.75, 3.05) is 13.2 Å². The van der Waals surface area contributed by atoms with Crippen molar-refractivity contribution in [3.63, 3.8) is 0 Å². The van der Waals surface area contributed by atoms with Crippen LogP contribution in [0.1, 0.15) is 24.0 Å². The maximum Gasteiger partial charge on any atom is 0.206 e. The van der Waals surface area contributed by atoms with Gasteiger partial charge in [-0.1, -0.05) is 24.3 Å². The lowest BCUT2D eigenvalue weighted by Crippen LogP contribution is -2.17. The molecule has 29 heavy (non-hydrogen) atoms. The molecule has 1 atom stereocenters. The van der Waals surface area contributed by atoms with Crippen LogP contribution in [-0.2, 0) is 4.74 Å². The zero-order valence-corrected chi connectivity index (χ0v) is 16.5. The number of thiazole rings is 1. The predicted octanol–water partition coefficient (Wildman–Crippen LogP) is 4.19. The molecule has 7 heteroatoms. The van der Waals surface area contributed by atoms with Crippen LogP contribution >= 0.6 is 11.3 Å². The van der Waals surface area contributed by atoms with Gasteiger partial charge in [-0.2, -0.15) is 10.4 Å². The van der Waals surface area contributed by atoms with Gasteiger partial charge in [-0.15, -0.1) is 11.3 Å². The summed E-state index contributed by atoms with van der Waals surface area (Å²) in [4.78, 5) is 5.36. The molecule has 1 aliphatic heterocycles. The molecular formula is C22H19FN4OS. The first-order chi connectivity index (χ1) is 14.2. The van der Waals surface area contributed by atoms with E-state index in [4.69, 9.17) is 10.00 Å². The zero-order chi connectivity index (χ0) is 20.1.